The maximum atomic E-state index is 10.4. The molecule has 0 saturated heterocycles. The van der Waals surface area contributed by atoms with E-state index in [1.807, 2.05) is 0 Å². The molecular weight excluding hydrogens is 144 g/mol. The Labute approximate surface area is 65.9 Å². The molecule has 0 saturated carbocycles. The average Bonchev–Trinajstić information content (AvgIpc) is 1.97. The third-order valence-corrected chi connectivity index (χ3v) is 1.03. The molecule has 11 heavy (non-hydrogen) atoms. The quantitative estimate of drug-likeness (QED) is 0.506. The molecule has 0 aliphatic heterocycles. The Bertz CT molecular complexity index is 181. The summed E-state index contributed by atoms with van der Waals surface area (Å²) in [6.45, 7) is 0.353. The van der Waals surface area contributed by atoms with Gasteiger partial charge in [-0.1, -0.05) is 11.8 Å². The third-order valence-electron chi connectivity index (χ3n) is 1.03. The number of ether oxygens (including phenoxy) is 1. The summed E-state index contributed by atoms with van der Waals surface area (Å²) >= 11 is 0. The van der Waals surface area contributed by atoms with Crippen molar-refractivity contribution >= 4 is 5.91 Å². The Balaban J connectivity index is 3.55. The van der Waals surface area contributed by atoms with Gasteiger partial charge in [-0.15, -0.1) is 0 Å². The fourth-order valence-corrected chi connectivity index (χ4v) is 0.406. The molecule has 4 heteroatoms. The standard InChI is InChI=1S/C7H12N2O2/c1-11-5-3-2-4-6(8)7(9)10/h6H,4-5,8H2,1H3,(H2,9,10). The Morgan fingerprint density at radius 3 is 2.73 bits per heavy atom. The highest BCUT2D eigenvalue weighted by Gasteiger charge is 2.05. The number of carbonyl (C=O) groups is 1. The van der Waals surface area contributed by atoms with Gasteiger partial charge in [-0.05, 0) is 0 Å². The van der Waals surface area contributed by atoms with Crippen LogP contribution in [-0.4, -0.2) is 25.7 Å². The molecule has 0 radical (unpaired) electrons. The van der Waals surface area contributed by atoms with Crippen LogP contribution in [-0.2, 0) is 9.53 Å². The van der Waals surface area contributed by atoms with E-state index in [1.165, 1.54) is 0 Å². The molecule has 0 spiro atoms. The first-order valence-corrected chi connectivity index (χ1v) is 3.18. The van der Waals surface area contributed by atoms with Gasteiger partial charge in [-0.25, -0.2) is 0 Å². The van der Waals surface area contributed by atoms with E-state index in [4.69, 9.17) is 11.5 Å². The lowest BCUT2D eigenvalue weighted by Crippen LogP contribution is -2.35. The monoisotopic (exact) mass is 156 g/mol. The van der Waals surface area contributed by atoms with E-state index in [9.17, 15) is 4.79 Å². The lowest BCUT2D eigenvalue weighted by Gasteiger charge is -1.99. The number of hydrogen-bond donors (Lipinski definition) is 2. The lowest BCUT2D eigenvalue weighted by molar-refractivity contribution is -0.119. The van der Waals surface area contributed by atoms with Crippen LogP contribution >= 0.6 is 0 Å². The lowest BCUT2D eigenvalue weighted by atomic mass is 10.2. The summed E-state index contributed by atoms with van der Waals surface area (Å²) in [5.74, 6) is 4.80. The molecule has 0 heterocycles. The van der Waals surface area contributed by atoms with Gasteiger partial charge in [0.05, 0.1) is 6.04 Å². The molecular formula is C7H12N2O2. The maximum Gasteiger partial charge on any atom is 0.235 e. The predicted molar refractivity (Wildman–Crippen MR) is 41.4 cm³/mol. The summed E-state index contributed by atoms with van der Waals surface area (Å²) < 4.78 is 4.65. The Kier molecular flexibility index (Phi) is 5.17. The highest BCUT2D eigenvalue weighted by atomic mass is 16.5. The summed E-state index contributed by atoms with van der Waals surface area (Å²) in [7, 11) is 1.54. The molecule has 0 aliphatic carbocycles. The summed E-state index contributed by atoms with van der Waals surface area (Å²) in [6.07, 6.45) is 0.290. The fraction of sp³-hybridized carbons (Fsp3) is 0.571. The highest BCUT2D eigenvalue weighted by molar-refractivity contribution is 5.79. The molecule has 0 bridgehead atoms. The zero-order chi connectivity index (χ0) is 8.69. The molecule has 1 amide bonds. The van der Waals surface area contributed by atoms with Gasteiger partial charge in [-0.3, -0.25) is 4.79 Å². The molecule has 4 N–H and O–H groups in total. The van der Waals surface area contributed by atoms with Crippen LogP contribution in [0, 0.1) is 11.8 Å². The average molecular weight is 156 g/mol. The molecule has 4 nitrogen and oxygen atoms in total. The van der Waals surface area contributed by atoms with Crippen molar-refractivity contribution in [2.75, 3.05) is 13.7 Å². The van der Waals surface area contributed by atoms with Crippen molar-refractivity contribution in [1.29, 1.82) is 0 Å². The van der Waals surface area contributed by atoms with E-state index in [0.29, 0.717) is 13.0 Å². The molecule has 0 rings (SSSR count). The van der Waals surface area contributed by atoms with E-state index in [0.717, 1.165) is 0 Å². The van der Waals surface area contributed by atoms with Crippen LogP contribution in [0.25, 0.3) is 0 Å². The highest BCUT2D eigenvalue weighted by Crippen LogP contribution is 1.82. The summed E-state index contributed by atoms with van der Waals surface area (Å²) in [5.41, 5.74) is 10.2. The number of rotatable bonds is 3. The Morgan fingerprint density at radius 2 is 2.27 bits per heavy atom. The van der Waals surface area contributed by atoms with Crippen LogP contribution in [0.2, 0.25) is 0 Å². The van der Waals surface area contributed by atoms with Gasteiger partial charge in [0.2, 0.25) is 5.91 Å². The smallest absolute Gasteiger partial charge is 0.235 e. The SMILES string of the molecule is COCC#CCC(N)C(N)=O. The minimum atomic E-state index is -0.667. The van der Waals surface area contributed by atoms with E-state index in [-0.39, 0.29) is 0 Å². The molecule has 62 valence electrons. The fourth-order valence-electron chi connectivity index (χ4n) is 0.406. The second kappa shape index (κ2) is 5.71. The van der Waals surface area contributed by atoms with Crippen molar-refractivity contribution in [1.82, 2.24) is 0 Å². The molecule has 0 aromatic carbocycles. The number of methoxy groups -OCH3 is 1. The predicted octanol–water partition coefficient (Wildman–Crippen LogP) is -1.16. The van der Waals surface area contributed by atoms with E-state index < -0.39 is 11.9 Å². The van der Waals surface area contributed by atoms with Crippen molar-refractivity contribution in [2.24, 2.45) is 11.5 Å². The first kappa shape index (κ1) is 9.95. The number of hydrogen-bond acceptors (Lipinski definition) is 3. The number of primary amides is 1. The van der Waals surface area contributed by atoms with Gasteiger partial charge in [0, 0.05) is 13.5 Å². The topological polar surface area (TPSA) is 78.3 Å². The molecule has 0 aromatic heterocycles. The van der Waals surface area contributed by atoms with Gasteiger partial charge in [0.1, 0.15) is 6.61 Å². The summed E-state index contributed by atoms with van der Waals surface area (Å²) in [4.78, 5) is 10.4. The van der Waals surface area contributed by atoms with Crippen LogP contribution in [0.3, 0.4) is 0 Å². The minimum absolute atomic E-state index is 0.290. The van der Waals surface area contributed by atoms with Crippen LogP contribution in [0.1, 0.15) is 6.42 Å². The minimum Gasteiger partial charge on any atom is -0.372 e. The second-order valence-corrected chi connectivity index (χ2v) is 2.00. The largest absolute Gasteiger partial charge is 0.372 e. The van der Waals surface area contributed by atoms with Crippen molar-refractivity contribution in [3.8, 4) is 11.8 Å². The molecule has 0 aliphatic rings. The number of nitrogens with two attached hydrogens (primary N) is 2. The van der Waals surface area contributed by atoms with Crippen LogP contribution < -0.4 is 11.5 Å². The van der Waals surface area contributed by atoms with Crippen molar-refractivity contribution < 1.29 is 9.53 Å². The number of amides is 1. The maximum absolute atomic E-state index is 10.4. The van der Waals surface area contributed by atoms with E-state index in [1.54, 1.807) is 7.11 Å². The molecule has 1 atom stereocenters. The van der Waals surface area contributed by atoms with Crippen molar-refractivity contribution in [3.05, 3.63) is 0 Å². The first-order chi connectivity index (χ1) is 5.18. The van der Waals surface area contributed by atoms with E-state index in [2.05, 4.69) is 16.6 Å². The van der Waals surface area contributed by atoms with Crippen LogP contribution in [0.15, 0.2) is 0 Å². The van der Waals surface area contributed by atoms with Gasteiger partial charge in [0.15, 0.2) is 0 Å². The Morgan fingerprint density at radius 1 is 1.64 bits per heavy atom. The normalized spacial score (nSPS) is 11.5. The van der Waals surface area contributed by atoms with Gasteiger partial charge in [-0.2, -0.15) is 0 Å². The van der Waals surface area contributed by atoms with E-state index >= 15 is 0 Å². The first-order valence-electron chi connectivity index (χ1n) is 3.18. The zero-order valence-electron chi connectivity index (χ0n) is 6.46. The molecule has 1 unspecified atom stereocenters. The zero-order valence-corrected chi connectivity index (χ0v) is 6.46. The number of carbonyl (C=O) groups excluding carboxylic acids is 1. The van der Waals surface area contributed by atoms with Gasteiger partial charge >= 0.3 is 0 Å². The van der Waals surface area contributed by atoms with Gasteiger partial charge in [0.25, 0.3) is 0 Å². The molecule has 0 aromatic rings. The van der Waals surface area contributed by atoms with Gasteiger partial charge < -0.3 is 16.2 Å². The summed E-state index contributed by atoms with van der Waals surface area (Å²) in [6, 6.07) is -0.667. The van der Waals surface area contributed by atoms with Crippen LogP contribution in [0.5, 0.6) is 0 Å². The Hall–Kier alpha value is -1.05. The summed E-state index contributed by atoms with van der Waals surface area (Å²) in [5, 5.41) is 0. The third kappa shape index (κ3) is 5.40. The van der Waals surface area contributed by atoms with Crippen molar-refractivity contribution in [2.45, 2.75) is 12.5 Å². The molecule has 0 fully saturated rings. The van der Waals surface area contributed by atoms with Crippen LogP contribution in [0.4, 0.5) is 0 Å². The second-order valence-electron chi connectivity index (χ2n) is 2.00. The van der Waals surface area contributed by atoms with Crippen molar-refractivity contribution in [3.63, 3.8) is 0 Å².